The van der Waals surface area contributed by atoms with Crippen LogP contribution in [0.1, 0.15) is 16.8 Å². The fraction of sp³-hybridized carbons (Fsp3) is 0.308. The molecule has 2 aromatic rings. The Balaban J connectivity index is 2.36. The molecule has 0 aliphatic carbocycles. The molecule has 3 N–H and O–H groups in total. The van der Waals surface area contributed by atoms with Gasteiger partial charge in [-0.2, -0.15) is 0 Å². The van der Waals surface area contributed by atoms with Crippen molar-refractivity contribution in [3.8, 4) is 11.5 Å². The first-order chi connectivity index (χ1) is 8.63. The van der Waals surface area contributed by atoms with Gasteiger partial charge < -0.3 is 20.2 Å². The summed E-state index contributed by atoms with van der Waals surface area (Å²) in [6, 6.07) is 3.94. The lowest BCUT2D eigenvalue weighted by molar-refractivity contribution is 0.397. The number of aromatic amines is 1. The van der Waals surface area contributed by atoms with E-state index in [-0.39, 0.29) is 0 Å². The topological polar surface area (TPSA) is 73.2 Å². The Morgan fingerprint density at radius 2 is 1.94 bits per heavy atom. The number of ether oxygens (including phenoxy) is 2. The lowest BCUT2D eigenvalue weighted by Gasteiger charge is -2.12. The zero-order valence-corrected chi connectivity index (χ0v) is 10.8. The normalized spacial score (nSPS) is 10.4. The van der Waals surface area contributed by atoms with Gasteiger partial charge in [-0.15, -0.1) is 0 Å². The van der Waals surface area contributed by atoms with E-state index in [1.165, 1.54) is 0 Å². The van der Waals surface area contributed by atoms with Gasteiger partial charge in [-0.3, -0.25) is 0 Å². The molecular weight excluding hydrogens is 230 g/mol. The van der Waals surface area contributed by atoms with Crippen molar-refractivity contribution in [3.05, 3.63) is 35.2 Å². The number of methoxy groups -OCH3 is 2. The number of hydrogen-bond acceptors (Lipinski definition) is 4. The van der Waals surface area contributed by atoms with Crippen molar-refractivity contribution in [2.45, 2.75) is 13.3 Å². The molecule has 5 heteroatoms. The molecule has 2 rings (SSSR count). The Bertz CT molecular complexity index is 549. The van der Waals surface area contributed by atoms with Gasteiger partial charge >= 0.3 is 0 Å². The van der Waals surface area contributed by atoms with Crippen molar-refractivity contribution in [3.63, 3.8) is 0 Å². The van der Waals surface area contributed by atoms with E-state index in [2.05, 4.69) is 9.97 Å². The van der Waals surface area contributed by atoms with Crippen LogP contribution in [-0.4, -0.2) is 24.2 Å². The molecule has 0 saturated carbocycles. The lowest BCUT2D eigenvalue weighted by atomic mass is 10.1. The zero-order valence-electron chi connectivity index (χ0n) is 10.8. The number of rotatable bonds is 4. The fourth-order valence-electron chi connectivity index (χ4n) is 1.92. The lowest BCUT2D eigenvalue weighted by Crippen LogP contribution is -1.98. The van der Waals surface area contributed by atoms with Gasteiger partial charge in [0.2, 0.25) is 0 Å². The second-order valence-electron chi connectivity index (χ2n) is 4.10. The van der Waals surface area contributed by atoms with Crippen molar-refractivity contribution < 1.29 is 9.47 Å². The van der Waals surface area contributed by atoms with E-state index in [4.69, 9.17) is 15.2 Å². The number of nitrogens with one attached hydrogen (secondary N) is 1. The maximum Gasteiger partial charge on any atom is 0.197 e. The average molecular weight is 247 g/mol. The van der Waals surface area contributed by atoms with E-state index in [1.54, 1.807) is 20.4 Å². The number of hydrogen-bond donors (Lipinski definition) is 2. The van der Waals surface area contributed by atoms with Crippen LogP contribution >= 0.6 is 0 Å². The Kier molecular flexibility index (Phi) is 3.41. The zero-order chi connectivity index (χ0) is 13.1. The first-order valence-electron chi connectivity index (χ1n) is 5.65. The highest BCUT2D eigenvalue weighted by Crippen LogP contribution is 2.29. The molecule has 1 aromatic carbocycles. The third-order valence-electron chi connectivity index (χ3n) is 2.83. The number of nitrogens with two attached hydrogens (primary N) is 1. The van der Waals surface area contributed by atoms with Crippen LogP contribution in [0, 0.1) is 6.92 Å². The van der Waals surface area contributed by atoms with Crippen LogP contribution in [0.15, 0.2) is 18.3 Å². The number of H-pyrrole nitrogens is 1. The minimum absolute atomic E-state index is 0.419. The van der Waals surface area contributed by atoms with Crippen LogP contribution in [0.2, 0.25) is 0 Å². The summed E-state index contributed by atoms with van der Waals surface area (Å²) in [4.78, 5) is 6.98. The number of benzene rings is 1. The summed E-state index contributed by atoms with van der Waals surface area (Å²) in [6.45, 7) is 1.99. The molecule has 0 fully saturated rings. The van der Waals surface area contributed by atoms with Gasteiger partial charge in [0.25, 0.3) is 0 Å². The van der Waals surface area contributed by atoms with Gasteiger partial charge in [0, 0.05) is 17.7 Å². The third-order valence-corrected chi connectivity index (χ3v) is 2.83. The second-order valence-corrected chi connectivity index (χ2v) is 4.10. The first kappa shape index (κ1) is 12.3. The minimum atomic E-state index is 0.419. The van der Waals surface area contributed by atoms with Gasteiger partial charge in [0.05, 0.1) is 20.4 Å². The SMILES string of the molecule is COc1cc(Cc2cnc(N)[nH]2)c(OC)cc1C. The molecule has 0 unspecified atom stereocenters. The molecule has 0 aliphatic rings. The largest absolute Gasteiger partial charge is 0.496 e. The maximum absolute atomic E-state index is 5.56. The summed E-state index contributed by atoms with van der Waals surface area (Å²) >= 11 is 0. The summed E-state index contributed by atoms with van der Waals surface area (Å²) in [5.41, 5.74) is 8.58. The molecule has 1 aromatic heterocycles. The molecule has 5 nitrogen and oxygen atoms in total. The summed E-state index contributed by atoms with van der Waals surface area (Å²) < 4.78 is 10.7. The molecule has 1 heterocycles. The van der Waals surface area contributed by atoms with Crippen LogP contribution in [0.25, 0.3) is 0 Å². The van der Waals surface area contributed by atoms with Crippen LogP contribution < -0.4 is 15.2 Å². The van der Waals surface area contributed by atoms with E-state index >= 15 is 0 Å². The average Bonchev–Trinajstić information content (AvgIpc) is 2.76. The van der Waals surface area contributed by atoms with E-state index in [0.29, 0.717) is 12.4 Å². The van der Waals surface area contributed by atoms with Crippen molar-refractivity contribution >= 4 is 5.95 Å². The molecular formula is C13H17N3O2. The van der Waals surface area contributed by atoms with Gasteiger partial charge in [0.15, 0.2) is 5.95 Å². The van der Waals surface area contributed by atoms with Gasteiger partial charge in [-0.05, 0) is 24.6 Å². The van der Waals surface area contributed by atoms with Crippen molar-refractivity contribution in [1.82, 2.24) is 9.97 Å². The van der Waals surface area contributed by atoms with Gasteiger partial charge in [0.1, 0.15) is 11.5 Å². The van der Waals surface area contributed by atoms with Crippen molar-refractivity contribution in [2.75, 3.05) is 20.0 Å². The number of aromatic nitrogens is 2. The van der Waals surface area contributed by atoms with Crippen LogP contribution in [0.3, 0.4) is 0 Å². The fourth-order valence-corrected chi connectivity index (χ4v) is 1.92. The highest BCUT2D eigenvalue weighted by Gasteiger charge is 2.10. The van der Waals surface area contributed by atoms with Crippen LogP contribution in [0.5, 0.6) is 11.5 Å². The number of aryl methyl sites for hydroxylation is 1. The summed E-state index contributed by atoms with van der Waals surface area (Å²) in [7, 11) is 3.32. The van der Waals surface area contributed by atoms with Crippen LogP contribution in [0.4, 0.5) is 5.95 Å². The van der Waals surface area contributed by atoms with Crippen LogP contribution in [-0.2, 0) is 6.42 Å². The van der Waals surface area contributed by atoms with E-state index in [9.17, 15) is 0 Å². The Hall–Kier alpha value is -2.17. The number of anilines is 1. The standard InChI is InChI=1S/C13H17N3O2/c1-8-4-12(18-3)9(6-11(8)17-2)5-10-7-15-13(14)16-10/h4,6-7H,5H2,1-3H3,(H3,14,15,16). The molecule has 18 heavy (non-hydrogen) atoms. The predicted molar refractivity (Wildman–Crippen MR) is 70.1 cm³/mol. The number of imidazole rings is 1. The highest BCUT2D eigenvalue weighted by atomic mass is 16.5. The Labute approximate surface area is 106 Å². The maximum atomic E-state index is 5.56. The van der Waals surface area contributed by atoms with Crippen molar-refractivity contribution in [2.24, 2.45) is 0 Å². The van der Waals surface area contributed by atoms with Gasteiger partial charge in [-0.1, -0.05) is 0 Å². The number of nitrogen functional groups attached to an aromatic ring is 1. The second kappa shape index (κ2) is 5.00. The molecule has 0 amide bonds. The summed E-state index contributed by atoms with van der Waals surface area (Å²) in [5, 5.41) is 0. The smallest absolute Gasteiger partial charge is 0.197 e. The minimum Gasteiger partial charge on any atom is -0.496 e. The molecule has 0 aliphatic heterocycles. The third kappa shape index (κ3) is 2.40. The molecule has 0 spiro atoms. The Morgan fingerprint density at radius 3 is 2.50 bits per heavy atom. The van der Waals surface area contributed by atoms with Gasteiger partial charge in [-0.25, -0.2) is 4.98 Å². The van der Waals surface area contributed by atoms with Crippen molar-refractivity contribution in [1.29, 1.82) is 0 Å². The summed E-state index contributed by atoms with van der Waals surface area (Å²) in [6.07, 6.45) is 2.39. The highest BCUT2D eigenvalue weighted by molar-refractivity contribution is 5.47. The van der Waals surface area contributed by atoms with E-state index < -0.39 is 0 Å². The first-order valence-corrected chi connectivity index (χ1v) is 5.65. The predicted octanol–water partition coefficient (Wildman–Crippen LogP) is 1.91. The molecule has 96 valence electrons. The monoisotopic (exact) mass is 247 g/mol. The molecule has 0 bridgehead atoms. The van der Waals surface area contributed by atoms with E-state index in [0.717, 1.165) is 28.3 Å². The summed E-state index contributed by atoms with van der Waals surface area (Å²) in [5.74, 6) is 2.10. The molecule has 0 saturated heterocycles. The quantitative estimate of drug-likeness (QED) is 0.865. The number of nitrogens with zero attached hydrogens (tertiary/aromatic N) is 1. The Morgan fingerprint density at radius 1 is 1.22 bits per heavy atom. The van der Waals surface area contributed by atoms with E-state index in [1.807, 2.05) is 19.1 Å². The molecule has 0 atom stereocenters. The molecule has 0 radical (unpaired) electrons.